The number of hydrogen-bond acceptors (Lipinski definition) is 4. The van der Waals surface area contributed by atoms with Crippen molar-refractivity contribution < 1.29 is 4.74 Å². The van der Waals surface area contributed by atoms with Crippen molar-refractivity contribution in [3.8, 4) is 6.07 Å². The van der Waals surface area contributed by atoms with Gasteiger partial charge in [0.05, 0.1) is 12.1 Å². The SMILES string of the molecule is CC(C)(C)OC(=S)Cc1cccc(C#N)n1. The van der Waals surface area contributed by atoms with Gasteiger partial charge >= 0.3 is 0 Å². The number of rotatable bonds is 2. The van der Waals surface area contributed by atoms with Gasteiger partial charge in [-0.25, -0.2) is 4.98 Å². The van der Waals surface area contributed by atoms with E-state index < -0.39 is 0 Å². The van der Waals surface area contributed by atoms with Crippen molar-refractivity contribution >= 4 is 17.3 Å². The highest BCUT2D eigenvalue weighted by Gasteiger charge is 2.14. The fraction of sp³-hybridized carbons (Fsp3) is 0.417. The molecule has 84 valence electrons. The van der Waals surface area contributed by atoms with E-state index in [0.717, 1.165) is 5.69 Å². The molecule has 0 aliphatic rings. The molecule has 0 aliphatic carbocycles. The monoisotopic (exact) mass is 234 g/mol. The average Bonchev–Trinajstić information content (AvgIpc) is 2.15. The Kier molecular flexibility index (Phi) is 3.97. The quantitative estimate of drug-likeness (QED) is 0.738. The third-order valence-corrected chi connectivity index (χ3v) is 1.89. The maximum Gasteiger partial charge on any atom is 0.166 e. The summed E-state index contributed by atoms with van der Waals surface area (Å²) in [6.45, 7) is 5.83. The molecule has 0 radical (unpaired) electrons. The molecule has 0 aliphatic heterocycles. The van der Waals surface area contributed by atoms with Gasteiger partial charge in [0, 0.05) is 0 Å². The number of nitriles is 1. The van der Waals surface area contributed by atoms with Crippen molar-refractivity contribution in [2.75, 3.05) is 0 Å². The zero-order chi connectivity index (χ0) is 12.2. The lowest BCUT2D eigenvalue weighted by atomic mass is 10.2. The van der Waals surface area contributed by atoms with Gasteiger partial charge < -0.3 is 4.74 Å². The predicted octanol–water partition coefficient (Wildman–Crippen LogP) is 2.64. The Bertz CT molecular complexity index is 429. The van der Waals surface area contributed by atoms with Crippen molar-refractivity contribution in [1.29, 1.82) is 5.26 Å². The highest BCUT2D eigenvalue weighted by Crippen LogP contribution is 2.10. The molecule has 0 fully saturated rings. The van der Waals surface area contributed by atoms with Gasteiger partial charge in [-0.2, -0.15) is 5.26 Å². The van der Waals surface area contributed by atoms with E-state index in [1.165, 1.54) is 0 Å². The molecule has 0 saturated heterocycles. The lowest BCUT2D eigenvalue weighted by Crippen LogP contribution is -2.24. The topological polar surface area (TPSA) is 45.9 Å². The van der Waals surface area contributed by atoms with Crippen LogP contribution in [0, 0.1) is 11.3 Å². The predicted molar refractivity (Wildman–Crippen MR) is 66.1 cm³/mol. The molecule has 0 amide bonds. The fourth-order valence-corrected chi connectivity index (χ4v) is 1.56. The maximum absolute atomic E-state index is 8.71. The fourth-order valence-electron chi connectivity index (χ4n) is 1.17. The van der Waals surface area contributed by atoms with Crippen LogP contribution in [-0.4, -0.2) is 15.6 Å². The van der Waals surface area contributed by atoms with Crippen LogP contribution in [0.2, 0.25) is 0 Å². The Morgan fingerprint density at radius 3 is 2.75 bits per heavy atom. The van der Waals surface area contributed by atoms with Gasteiger partial charge in [0.2, 0.25) is 0 Å². The second-order valence-electron chi connectivity index (χ2n) is 4.39. The molecule has 1 heterocycles. The van der Waals surface area contributed by atoms with Crippen molar-refractivity contribution in [2.24, 2.45) is 0 Å². The van der Waals surface area contributed by atoms with Crippen LogP contribution in [0.3, 0.4) is 0 Å². The molecule has 0 atom stereocenters. The van der Waals surface area contributed by atoms with Gasteiger partial charge in [0.15, 0.2) is 5.05 Å². The molecule has 1 rings (SSSR count). The Morgan fingerprint density at radius 1 is 1.50 bits per heavy atom. The number of ether oxygens (including phenoxy) is 1. The van der Waals surface area contributed by atoms with Crippen molar-refractivity contribution in [2.45, 2.75) is 32.8 Å². The van der Waals surface area contributed by atoms with Gasteiger partial charge in [-0.1, -0.05) is 6.07 Å². The van der Waals surface area contributed by atoms with Crippen molar-refractivity contribution in [3.05, 3.63) is 29.6 Å². The first-order valence-corrected chi connectivity index (χ1v) is 5.39. The number of nitrogens with zero attached hydrogens (tertiary/aromatic N) is 2. The van der Waals surface area contributed by atoms with Crippen LogP contribution in [0.5, 0.6) is 0 Å². The minimum atomic E-state index is -0.288. The summed E-state index contributed by atoms with van der Waals surface area (Å²) in [6, 6.07) is 7.28. The van der Waals surface area contributed by atoms with Crippen molar-refractivity contribution in [1.82, 2.24) is 4.98 Å². The molecule has 0 unspecified atom stereocenters. The van der Waals surface area contributed by atoms with Crippen molar-refractivity contribution in [3.63, 3.8) is 0 Å². The Labute approximate surface area is 101 Å². The summed E-state index contributed by atoms with van der Waals surface area (Å²) in [6.07, 6.45) is 0.460. The third-order valence-electron chi connectivity index (χ3n) is 1.67. The van der Waals surface area contributed by atoms with Gasteiger partial charge in [-0.05, 0) is 45.1 Å². The Morgan fingerprint density at radius 2 is 2.19 bits per heavy atom. The van der Waals surface area contributed by atoms with Gasteiger partial charge in [-0.3, -0.25) is 0 Å². The molecular weight excluding hydrogens is 220 g/mol. The van der Waals surface area contributed by atoms with Crippen LogP contribution in [0.1, 0.15) is 32.2 Å². The van der Waals surface area contributed by atoms with Crippen LogP contribution >= 0.6 is 12.2 Å². The largest absolute Gasteiger partial charge is 0.481 e. The van der Waals surface area contributed by atoms with Gasteiger partial charge in [0.1, 0.15) is 17.4 Å². The molecule has 0 bridgehead atoms. The Hall–Kier alpha value is -1.47. The molecule has 0 saturated carbocycles. The molecule has 16 heavy (non-hydrogen) atoms. The summed E-state index contributed by atoms with van der Waals surface area (Å²) in [5.41, 5.74) is 0.869. The van der Waals surface area contributed by atoms with Crippen LogP contribution in [-0.2, 0) is 11.2 Å². The van der Waals surface area contributed by atoms with E-state index in [2.05, 4.69) is 4.98 Å². The van der Waals surface area contributed by atoms with E-state index in [-0.39, 0.29) is 5.60 Å². The summed E-state index contributed by atoms with van der Waals surface area (Å²) in [5, 5.41) is 9.20. The van der Waals surface area contributed by atoms with E-state index in [1.54, 1.807) is 12.1 Å². The zero-order valence-electron chi connectivity index (χ0n) is 9.65. The van der Waals surface area contributed by atoms with Crippen LogP contribution in [0.25, 0.3) is 0 Å². The highest BCUT2D eigenvalue weighted by molar-refractivity contribution is 7.80. The van der Waals surface area contributed by atoms with E-state index in [0.29, 0.717) is 17.2 Å². The van der Waals surface area contributed by atoms with Crippen LogP contribution in [0.15, 0.2) is 18.2 Å². The minimum Gasteiger partial charge on any atom is -0.481 e. The molecule has 0 N–H and O–H groups in total. The molecule has 4 heteroatoms. The molecule has 3 nitrogen and oxygen atoms in total. The van der Waals surface area contributed by atoms with Gasteiger partial charge in [-0.15, -0.1) is 0 Å². The summed E-state index contributed by atoms with van der Waals surface area (Å²) < 4.78 is 5.52. The summed E-state index contributed by atoms with van der Waals surface area (Å²) in [4.78, 5) is 4.13. The average molecular weight is 234 g/mol. The van der Waals surface area contributed by atoms with E-state index >= 15 is 0 Å². The minimum absolute atomic E-state index is 0.288. The number of aromatic nitrogens is 1. The normalized spacial score (nSPS) is 10.6. The lowest BCUT2D eigenvalue weighted by Gasteiger charge is -2.21. The van der Waals surface area contributed by atoms with E-state index in [1.807, 2.05) is 32.9 Å². The smallest absolute Gasteiger partial charge is 0.166 e. The first-order valence-electron chi connectivity index (χ1n) is 4.98. The lowest BCUT2D eigenvalue weighted by molar-refractivity contribution is 0.118. The third kappa shape index (κ3) is 4.37. The molecule has 0 aromatic carbocycles. The zero-order valence-corrected chi connectivity index (χ0v) is 10.5. The number of pyridine rings is 1. The van der Waals surface area contributed by atoms with Crippen LogP contribution in [0.4, 0.5) is 0 Å². The Balaban J connectivity index is 2.67. The summed E-state index contributed by atoms with van der Waals surface area (Å²) >= 11 is 5.12. The highest BCUT2D eigenvalue weighted by atomic mass is 32.1. The first kappa shape index (κ1) is 12.6. The molecule has 1 aromatic heterocycles. The maximum atomic E-state index is 8.71. The molecule has 0 spiro atoms. The van der Waals surface area contributed by atoms with E-state index in [9.17, 15) is 0 Å². The van der Waals surface area contributed by atoms with Gasteiger partial charge in [0.25, 0.3) is 0 Å². The molecular formula is C12H14N2OS. The van der Waals surface area contributed by atoms with Crippen LogP contribution < -0.4 is 0 Å². The second kappa shape index (κ2) is 5.04. The molecule has 1 aromatic rings. The number of thiocarbonyl (C=S) groups is 1. The number of hydrogen-bond donors (Lipinski definition) is 0. The van der Waals surface area contributed by atoms with E-state index in [4.69, 9.17) is 22.2 Å². The standard InChI is InChI=1S/C12H14N2OS/c1-12(2,3)15-11(16)7-9-5-4-6-10(8-13)14-9/h4-6H,7H2,1-3H3. The first-order chi connectivity index (χ1) is 7.40. The summed E-state index contributed by atoms with van der Waals surface area (Å²) in [5.74, 6) is 0. The second-order valence-corrected chi connectivity index (χ2v) is 4.84. The summed E-state index contributed by atoms with van der Waals surface area (Å²) in [7, 11) is 0.